The summed E-state index contributed by atoms with van der Waals surface area (Å²) in [5.74, 6) is 1.40. The number of hydrogen-bond acceptors (Lipinski definition) is 4. The zero-order chi connectivity index (χ0) is 15.6. The molecule has 116 valence electrons. The van der Waals surface area contributed by atoms with Crippen molar-refractivity contribution < 1.29 is 4.42 Å². The van der Waals surface area contributed by atoms with E-state index in [1.807, 2.05) is 18.3 Å². The van der Waals surface area contributed by atoms with E-state index in [1.54, 1.807) is 6.26 Å². The first kappa shape index (κ1) is 14.2. The van der Waals surface area contributed by atoms with Crippen LogP contribution in [0.5, 0.6) is 0 Å². The number of aromatic nitrogens is 2. The SMILES string of the molecule is Cc1cccc(CN2CCc3cnc(-c4ccco4)nc3C2)c1. The van der Waals surface area contributed by atoms with Crippen molar-refractivity contribution in [3.05, 3.63) is 71.2 Å². The van der Waals surface area contributed by atoms with E-state index in [0.717, 1.165) is 37.5 Å². The average molecular weight is 305 g/mol. The second-order valence-electron chi connectivity index (χ2n) is 6.09. The third-order valence-corrected chi connectivity index (χ3v) is 4.26. The van der Waals surface area contributed by atoms with Crippen LogP contribution in [0.2, 0.25) is 0 Å². The van der Waals surface area contributed by atoms with Crippen LogP contribution in [0.4, 0.5) is 0 Å². The summed E-state index contributed by atoms with van der Waals surface area (Å²) in [4.78, 5) is 11.6. The van der Waals surface area contributed by atoms with Crippen molar-refractivity contribution in [2.45, 2.75) is 26.4 Å². The van der Waals surface area contributed by atoms with Crippen LogP contribution in [-0.2, 0) is 19.5 Å². The lowest BCUT2D eigenvalue weighted by Gasteiger charge is -2.28. The highest BCUT2D eigenvalue weighted by Gasteiger charge is 2.19. The molecular formula is C19H19N3O. The fourth-order valence-electron chi connectivity index (χ4n) is 3.09. The number of nitrogens with zero attached hydrogens (tertiary/aromatic N) is 3. The monoisotopic (exact) mass is 305 g/mol. The average Bonchev–Trinajstić information content (AvgIpc) is 3.09. The highest BCUT2D eigenvalue weighted by Crippen LogP contribution is 2.22. The predicted octanol–water partition coefficient (Wildman–Crippen LogP) is 3.60. The molecule has 2 aromatic heterocycles. The topological polar surface area (TPSA) is 42.2 Å². The largest absolute Gasteiger partial charge is 0.461 e. The van der Waals surface area contributed by atoms with Gasteiger partial charge in [0.15, 0.2) is 11.6 Å². The first-order chi connectivity index (χ1) is 11.3. The van der Waals surface area contributed by atoms with Crippen LogP contribution in [0.3, 0.4) is 0 Å². The lowest BCUT2D eigenvalue weighted by molar-refractivity contribution is 0.241. The maximum absolute atomic E-state index is 5.41. The van der Waals surface area contributed by atoms with E-state index in [4.69, 9.17) is 9.40 Å². The molecule has 4 nitrogen and oxygen atoms in total. The molecule has 0 unspecified atom stereocenters. The molecule has 1 aliphatic heterocycles. The molecular weight excluding hydrogens is 286 g/mol. The normalized spacial score (nSPS) is 14.7. The third kappa shape index (κ3) is 3.03. The molecule has 0 N–H and O–H groups in total. The van der Waals surface area contributed by atoms with Crippen LogP contribution >= 0.6 is 0 Å². The number of fused-ring (bicyclic) bond motifs is 1. The Labute approximate surface area is 135 Å². The van der Waals surface area contributed by atoms with Crippen LogP contribution < -0.4 is 0 Å². The number of hydrogen-bond donors (Lipinski definition) is 0. The summed E-state index contributed by atoms with van der Waals surface area (Å²) in [6, 6.07) is 12.5. The molecule has 1 aromatic carbocycles. The van der Waals surface area contributed by atoms with Gasteiger partial charge in [-0.1, -0.05) is 29.8 Å². The molecule has 3 heterocycles. The zero-order valence-corrected chi connectivity index (χ0v) is 13.2. The quantitative estimate of drug-likeness (QED) is 0.741. The van der Waals surface area contributed by atoms with Crippen LogP contribution in [-0.4, -0.2) is 21.4 Å². The maximum atomic E-state index is 5.41. The molecule has 0 saturated carbocycles. The Morgan fingerprint density at radius 3 is 3.00 bits per heavy atom. The molecule has 3 aromatic rings. The van der Waals surface area contributed by atoms with Gasteiger partial charge in [-0.05, 0) is 36.6 Å². The van der Waals surface area contributed by atoms with E-state index >= 15 is 0 Å². The molecule has 4 heteroatoms. The minimum absolute atomic E-state index is 0.672. The summed E-state index contributed by atoms with van der Waals surface area (Å²) in [5, 5.41) is 0. The minimum Gasteiger partial charge on any atom is -0.461 e. The molecule has 1 aliphatic rings. The standard InChI is InChI=1S/C19H19N3O/c1-14-4-2-5-15(10-14)12-22-8-7-16-11-20-19(21-17(16)13-22)18-6-3-9-23-18/h2-6,9-11H,7-8,12-13H2,1H3. The highest BCUT2D eigenvalue weighted by atomic mass is 16.3. The van der Waals surface area contributed by atoms with Gasteiger partial charge in [-0.2, -0.15) is 0 Å². The molecule has 0 amide bonds. The summed E-state index contributed by atoms with van der Waals surface area (Å²) >= 11 is 0. The van der Waals surface area contributed by atoms with Gasteiger partial charge >= 0.3 is 0 Å². The first-order valence-corrected chi connectivity index (χ1v) is 7.94. The van der Waals surface area contributed by atoms with Gasteiger partial charge < -0.3 is 4.42 Å². The van der Waals surface area contributed by atoms with Crippen molar-refractivity contribution in [3.8, 4) is 11.6 Å². The molecule has 0 bridgehead atoms. The summed E-state index contributed by atoms with van der Waals surface area (Å²) in [6.07, 6.45) is 4.60. The fraction of sp³-hybridized carbons (Fsp3) is 0.263. The predicted molar refractivity (Wildman–Crippen MR) is 88.7 cm³/mol. The molecule has 0 radical (unpaired) electrons. The zero-order valence-electron chi connectivity index (χ0n) is 13.2. The number of rotatable bonds is 3. The molecule has 0 saturated heterocycles. The smallest absolute Gasteiger partial charge is 0.195 e. The molecule has 23 heavy (non-hydrogen) atoms. The van der Waals surface area contributed by atoms with Crippen LogP contribution in [0, 0.1) is 6.92 Å². The lowest BCUT2D eigenvalue weighted by Crippen LogP contribution is -2.31. The lowest BCUT2D eigenvalue weighted by atomic mass is 10.1. The summed E-state index contributed by atoms with van der Waals surface area (Å²) in [7, 11) is 0. The first-order valence-electron chi connectivity index (χ1n) is 7.94. The number of furan rings is 1. The molecule has 0 aliphatic carbocycles. The Morgan fingerprint density at radius 1 is 1.22 bits per heavy atom. The van der Waals surface area contributed by atoms with Crippen LogP contribution in [0.1, 0.15) is 22.4 Å². The second kappa shape index (κ2) is 5.97. The van der Waals surface area contributed by atoms with E-state index in [0.29, 0.717) is 5.82 Å². The van der Waals surface area contributed by atoms with Crippen molar-refractivity contribution in [3.63, 3.8) is 0 Å². The Morgan fingerprint density at radius 2 is 2.17 bits per heavy atom. The van der Waals surface area contributed by atoms with Gasteiger partial charge in [0.05, 0.1) is 12.0 Å². The Bertz CT molecular complexity index is 811. The Kier molecular flexibility index (Phi) is 3.67. The molecule has 0 atom stereocenters. The van der Waals surface area contributed by atoms with Crippen molar-refractivity contribution in [2.75, 3.05) is 6.54 Å². The van der Waals surface area contributed by atoms with Crippen molar-refractivity contribution >= 4 is 0 Å². The van der Waals surface area contributed by atoms with Gasteiger partial charge in [-0.3, -0.25) is 4.90 Å². The van der Waals surface area contributed by atoms with Gasteiger partial charge in [-0.25, -0.2) is 9.97 Å². The summed E-state index contributed by atoms with van der Waals surface area (Å²) < 4.78 is 5.41. The molecule has 0 spiro atoms. The van der Waals surface area contributed by atoms with E-state index in [9.17, 15) is 0 Å². The van der Waals surface area contributed by atoms with E-state index in [-0.39, 0.29) is 0 Å². The highest BCUT2D eigenvalue weighted by molar-refractivity contribution is 5.46. The number of benzene rings is 1. The van der Waals surface area contributed by atoms with Gasteiger partial charge in [0.1, 0.15) is 0 Å². The maximum Gasteiger partial charge on any atom is 0.195 e. The molecule has 4 rings (SSSR count). The molecule has 0 fully saturated rings. The van der Waals surface area contributed by atoms with Crippen LogP contribution in [0.25, 0.3) is 11.6 Å². The Balaban J connectivity index is 1.55. The van der Waals surface area contributed by atoms with Gasteiger partial charge in [0, 0.05) is 25.8 Å². The van der Waals surface area contributed by atoms with Gasteiger partial charge in [0.2, 0.25) is 0 Å². The van der Waals surface area contributed by atoms with Crippen LogP contribution in [0.15, 0.2) is 53.3 Å². The van der Waals surface area contributed by atoms with E-state index < -0.39 is 0 Å². The fourth-order valence-corrected chi connectivity index (χ4v) is 3.09. The van der Waals surface area contributed by atoms with Gasteiger partial charge in [-0.15, -0.1) is 0 Å². The van der Waals surface area contributed by atoms with E-state index in [2.05, 4.69) is 41.1 Å². The minimum atomic E-state index is 0.672. The second-order valence-corrected chi connectivity index (χ2v) is 6.09. The summed E-state index contributed by atoms with van der Waals surface area (Å²) in [5.41, 5.74) is 5.03. The third-order valence-electron chi connectivity index (χ3n) is 4.26. The Hall–Kier alpha value is -2.46. The van der Waals surface area contributed by atoms with E-state index in [1.165, 1.54) is 16.7 Å². The summed E-state index contributed by atoms with van der Waals surface area (Å²) in [6.45, 7) is 5.00. The van der Waals surface area contributed by atoms with Crippen molar-refractivity contribution in [1.82, 2.24) is 14.9 Å². The number of aryl methyl sites for hydroxylation is 1. The van der Waals surface area contributed by atoms with Crippen molar-refractivity contribution in [1.29, 1.82) is 0 Å². The van der Waals surface area contributed by atoms with Crippen molar-refractivity contribution in [2.24, 2.45) is 0 Å². The van der Waals surface area contributed by atoms with Gasteiger partial charge in [0.25, 0.3) is 0 Å².